The minimum absolute atomic E-state index is 0.161. The number of rotatable bonds is 4. The van der Waals surface area contributed by atoms with Crippen molar-refractivity contribution in [1.29, 1.82) is 0 Å². The van der Waals surface area contributed by atoms with E-state index in [0.29, 0.717) is 0 Å². The minimum Gasteiger partial charge on any atom is -0.306 e. The van der Waals surface area contributed by atoms with Crippen LogP contribution in [-0.4, -0.2) is 11.5 Å². The van der Waals surface area contributed by atoms with Gasteiger partial charge in [0.15, 0.2) is 0 Å². The van der Waals surface area contributed by atoms with E-state index in [0.717, 1.165) is 22.8 Å². The van der Waals surface area contributed by atoms with Gasteiger partial charge in [-0.2, -0.15) is 0 Å². The lowest BCUT2D eigenvalue weighted by atomic mass is 9.98. The number of nitrogens with zero attached hydrogens (tertiary/aromatic N) is 1. The van der Waals surface area contributed by atoms with Crippen molar-refractivity contribution in [2.75, 3.05) is 6.54 Å². The predicted molar refractivity (Wildman–Crippen MR) is 80.7 cm³/mol. The molecule has 0 aliphatic heterocycles. The number of aromatic nitrogens is 1. The molecule has 2 rings (SSSR count). The lowest BCUT2D eigenvalue weighted by Gasteiger charge is -2.19. The van der Waals surface area contributed by atoms with Gasteiger partial charge in [-0.25, -0.2) is 0 Å². The van der Waals surface area contributed by atoms with Crippen molar-refractivity contribution < 1.29 is 0 Å². The van der Waals surface area contributed by atoms with Gasteiger partial charge in [-0.05, 0) is 49.2 Å². The van der Waals surface area contributed by atoms with Crippen LogP contribution in [0.4, 0.5) is 0 Å². The SMILES string of the molecule is CCNC(c1ccc(C)nc1)c1ccc(Cl)c(C)c1. The monoisotopic (exact) mass is 274 g/mol. The van der Waals surface area contributed by atoms with E-state index >= 15 is 0 Å². The molecule has 100 valence electrons. The Morgan fingerprint density at radius 1 is 1.16 bits per heavy atom. The molecule has 1 N–H and O–H groups in total. The Balaban J connectivity index is 2.38. The highest BCUT2D eigenvalue weighted by molar-refractivity contribution is 6.31. The Hall–Kier alpha value is -1.38. The summed E-state index contributed by atoms with van der Waals surface area (Å²) in [5.74, 6) is 0. The van der Waals surface area contributed by atoms with Crippen LogP contribution in [0.5, 0.6) is 0 Å². The van der Waals surface area contributed by atoms with Crippen molar-refractivity contribution in [2.24, 2.45) is 0 Å². The van der Waals surface area contributed by atoms with Gasteiger partial charge in [-0.15, -0.1) is 0 Å². The van der Waals surface area contributed by atoms with Crippen molar-refractivity contribution in [2.45, 2.75) is 26.8 Å². The third kappa shape index (κ3) is 3.34. The van der Waals surface area contributed by atoms with Gasteiger partial charge in [-0.3, -0.25) is 4.98 Å². The molecule has 1 heterocycles. The van der Waals surface area contributed by atoms with Gasteiger partial charge in [0.25, 0.3) is 0 Å². The van der Waals surface area contributed by atoms with Crippen molar-refractivity contribution in [1.82, 2.24) is 10.3 Å². The van der Waals surface area contributed by atoms with Crippen molar-refractivity contribution in [3.05, 3.63) is 63.9 Å². The molecule has 0 aliphatic rings. The fourth-order valence-corrected chi connectivity index (χ4v) is 2.25. The molecule has 1 aromatic heterocycles. The Kier molecular flexibility index (Phi) is 4.56. The van der Waals surface area contributed by atoms with Crippen molar-refractivity contribution >= 4 is 11.6 Å². The summed E-state index contributed by atoms with van der Waals surface area (Å²) >= 11 is 6.10. The zero-order valence-corrected chi connectivity index (χ0v) is 12.3. The first-order valence-electron chi connectivity index (χ1n) is 6.53. The van der Waals surface area contributed by atoms with E-state index in [1.807, 2.05) is 32.2 Å². The summed E-state index contributed by atoms with van der Waals surface area (Å²) in [7, 11) is 0. The molecule has 19 heavy (non-hydrogen) atoms. The first-order valence-corrected chi connectivity index (χ1v) is 6.91. The number of hydrogen-bond acceptors (Lipinski definition) is 2. The molecule has 0 fully saturated rings. The zero-order chi connectivity index (χ0) is 13.8. The van der Waals surface area contributed by atoms with E-state index in [9.17, 15) is 0 Å². The summed E-state index contributed by atoms with van der Waals surface area (Å²) in [6, 6.07) is 10.5. The highest BCUT2D eigenvalue weighted by Crippen LogP contribution is 2.25. The molecule has 0 bridgehead atoms. The minimum atomic E-state index is 0.161. The molecule has 0 saturated carbocycles. The number of benzene rings is 1. The molecule has 3 heteroatoms. The maximum atomic E-state index is 6.10. The van der Waals surface area contributed by atoms with Gasteiger partial charge < -0.3 is 5.32 Å². The fourth-order valence-electron chi connectivity index (χ4n) is 2.13. The Morgan fingerprint density at radius 2 is 1.89 bits per heavy atom. The predicted octanol–water partition coefficient (Wildman–Crippen LogP) is 4.05. The Morgan fingerprint density at radius 3 is 2.47 bits per heavy atom. The van der Waals surface area contributed by atoms with Crippen LogP contribution in [0.15, 0.2) is 36.5 Å². The number of aryl methyl sites for hydroxylation is 2. The second-order valence-corrected chi connectivity index (χ2v) is 5.14. The third-order valence-electron chi connectivity index (χ3n) is 3.19. The summed E-state index contributed by atoms with van der Waals surface area (Å²) < 4.78 is 0. The third-order valence-corrected chi connectivity index (χ3v) is 3.62. The smallest absolute Gasteiger partial charge is 0.0591 e. The number of halogens is 1. The second kappa shape index (κ2) is 6.18. The maximum Gasteiger partial charge on any atom is 0.0591 e. The first kappa shape index (κ1) is 14.0. The van der Waals surface area contributed by atoms with E-state index in [4.69, 9.17) is 11.6 Å². The molecule has 0 amide bonds. The van der Waals surface area contributed by atoms with E-state index in [2.05, 4.69) is 35.4 Å². The van der Waals surface area contributed by atoms with E-state index in [1.54, 1.807) is 0 Å². The molecule has 1 unspecified atom stereocenters. The quantitative estimate of drug-likeness (QED) is 0.910. The molecule has 2 nitrogen and oxygen atoms in total. The highest BCUT2D eigenvalue weighted by Gasteiger charge is 2.13. The van der Waals surface area contributed by atoms with Crippen LogP contribution in [-0.2, 0) is 0 Å². The van der Waals surface area contributed by atoms with Gasteiger partial charge in [0.05, 0.1) is 6.04 Å². The van der Waals surface area contributed by atoms with E-state index in [-0.39, 0.29) is 6.04 Å². The van der Waals surface area contributed by atoms with Crippen LogP contribution >= 0.6 is 11.6 Å². The normalized spacial score (nSPS) is 12.4. The Bertz CT molecular complexity index is 549. The summed E-state index contributed by atoms with van der Waals surface area (Å²) in [6.45, 7) is 7.04. The molecular weight excluding hydrogens is 256 g/mol. The highest BCUT2D eigenvalue weighted by atomic mass is 35.5. The van der Waals surface area contributed by atoms with E-state index < -0.39 is 0 Å². The van der Waals surface area contributed by atoms with E-state index in [1.165, 1.54) is 11.1 Å². The summed E-state index contributed by atoms with van der Waals surface area (Å²) in [4.78, 5) is 4.38. The summed E-state index contributed by atoms with van der Waals surface area (Å²) in [5.41, 5.74) is 4.53. The number of hydrogen-bond donors (Lipinski definition) is 1. The summed E-state index contributed by atoms with van der Waals surface area (Å²) in [5, 5.41) is 4.30. The molecular formula is C16H19ClN2. The van der Waals surface area contributed by atoms with Crippen LogP contribution < -0.4 is 5.32 Å². The lowest BCUT2D eigenvalue weighted by Crippen LogP contribution is -2.22. The van der Waals surface area contributed by atoms with Crippen LogP contribution in [0.25, 0.3) is 0 Å². The van der Waals surface area contributed by atoms with Crippen LogP contribution in [0.1, 0.15) is 35.3 Å². The average molecular weight is 275 g/mol. The van der Waals surface area contributed by atoms with Gasteiger partial charge >= 0.3 is 0 Å². The molecule has 2 aromatic rings. The standard InChI is InChI=1S/C16H19ClN2/c1-4-18-16(14-6-5-12(3)19-10-14)13-7-8-15(17)11(2)9-13/h5-10,16,18H,4H2,1-3H3. The van der Waals surface area contributed by atoms with Crippen LogP contribution in [0, 0.1) is 13.8 Å². The van der Waals surface area contributed by atoms with Gasteiger partial charge in [0, 0.05) is 16.9 Å². The second-order valence-electron chi connectivity index (χ2n) is 4.73. The molecule has 1 atom stereocenters. The molecule has 0 aliphatic carbocycles. The molecule has 0 spiro atoms. The number of pyridine rings is 1. The van der Waals surface area contributed by atoms with Crippen molar-refractivity contribution in [3.63, 3.8) is 0 Å². The van der Waals surface area contributed by atoms with Gasteiger partial charge in [0.2, 0.25) is 0 Å². The average Bonchev–Trinajstić information content (AvgIpc) is 2.41. The Labute approximate surface area is 119 Å². The van der Waals surface area contributed by atoms with Crippen molar-refractivity contribution in [3.8, 4) is 0 Å². The number of nitrogens with one attached hydrogen (secondary N) is 1. The topological polar surface area (TPSA) is 24.9 Å². The van der Waals surface area contributed by atoms with Gasteiger partial charge in [-0.1, -0.05) is 36.7 Å². The fraction of sp³-hybridized carbons (Fsp3) is 0.312. The lowest BCUT2D eigenvalue weighted by molar-refractivity contribution is 0.628. The molecule has 0 saturated heterocycles. The zero-order valence-electron chi connectivity index (χ0n) is 11.6. The summed E-state index contributed by atoms with van der Waals surface area (Å²) in [6.07, 6.45) is 1.94. The first-order chi connectivity index (χ1) is 9.11. The van der Waals surface area contributed by atoms with Crippen LogP contribution in [0.2, 0.25) is 5.02 Å². The maximum absolute atomic E-state index is 6.10. The molecule has 0 radical (unpaired) electrons. The largest absolute Gasteiger partial charge is 0.306 e. The van der Waals surface area contributed by atoms with Gasteiger partial charge in [0.1, 0.15) is 0 Å². The molecule has 1 aromatic carbocycles. The van der Waals surface area contributed by atoms with Crippen LogP contribution in [0.3, 0.4) is 0 Å².